The number of nitrogens with zero attached hydrogens (tertiary/aromatic N) is 1. The third-order valence-electron chi connectivity index (χ3n) is 1.57. The molecule has 0 aliphatic heterocycles. The van der Waals surface area contributed by atoms with Crippen molar-refractivity contribution in [2.75, 3.05) is 13.0 Å². The molecule has 70 valence electrons. The van der Waals surface area contributed by atoms with Crippen LogP contribution in [0.3, 0.4) is 0 Å². The Kier molecular flexibility index (Phi) is 3.58. The van der Waals surface area contributed by atoms with Crippen LogP contribution in [0, 0.1) is 0 Å². The Morgan fingerprint density at radius 3 is 2.92 bits per heavy atom. The fourth-order valence-corrected chi connectivity index (χ4v) is 1.37. The lowest BCUT2D eigenvalue weighted by Crippen LogP contribution is -1.95. The third kappa shape index (κ3) is 2.14. The second-order valence-corrected chi connectivity index (χ2v) is 3.09. The summed E-state index contributed by atoms with van der Waals surface area (Å²) < 4.78 is 5.03. The molecule has 0 aromatic carbocycles. The van der Waals surface area contributed by atoms with Crippen LogP contribution in [0.1, 0.15) is 5.56 Å². The largest absolute Gasteiger partial charge is 0.481 e. The molecular weight excluding hydrogens is 209 g/mol. The van der Waals surface area contributed by atoms with Gasteiger partial charge in [-0.25, -0.2) is 4.98 Å². The van der Waals surface area contributed by atoms with Gasteiger partial charge in [-0.3, -0.25) is 0 Å². The van der Waals surface area contributed by atoms with E-state index in [0.717, 1.165) is 0 Å². The van der Waals surface area contributed by atoms with Gasteiger partial charge >= 0.3 is 0 Å². The number of hydrogen-bond acceptors (Lipinski definition) is 2. The van der Waals surface area contributed by atoms with Gasteiger partial charge in [0.1, 0.15) is 0 Å². The van der Waals surface area contributed by atoms with Gasteiger partial charge in [-0.15, -0.1) is 11.6 Å². The van der Waals surface area contributed by atoms with Crippen LogP contribution in [0.4, 0.5) is 0 Å². The standard InChI is InChI=1S/C9H9Cl2NO/c1-6(5-10)8-7(11)3-4-12-9(8)13-2/h3-4H,1,5H2,2H3. The maximum absolute atomic E-state index is 5.94. The topological polar surface area (TPSA) is 22.1 Å². The van der Waals surface area contributed by atoms with Crippen molar-refractivity contribution in [3.63, 3.8) is 0 Å². The summed E-state index contributed by atoms with van der Waals surface area (Å²) in [5.41, 5.74) is 1.39. The van der Waals surface area contributed by atoms with Crippen molar-refractivity contribution in [2.45, 2.75) is 0 Å². The number of rotatable bonds is 3. The Balaban J connectivity index is 3.22. The number of hydrogen-bond donors (Lipinski definition) is 0. The molecule has 1 aromatic heterocycles. The zero-order chi connectivity index (χ0) is 9.84. The maximum Gasteiger partial charge on any atom is 0.222 e. The first kappa shape index (κ1) is 10.4. The van der Waals surface area contributed by atoms with Gasteiger partial charge in [0.25, 0.3) is 0 Å². The van der Waals surface area contributed by atoms with Gasteiger partial charge in [-0.1, -0.05) is 18.2 Å². The first-order chi connectivity index (χ1) is 6.20. The lowest BCUT2D eigenvalue weighted by atomic mass is 10.1. The average molecular weight is 218 g/mol. The van der Waals surface area contributed by atoms with E-state index in [4.69, 9.17) is 27.9 Å². The Bertz CT molecular complexity index is 325. The van der Waals surface area contributed by atoms with Crippen LogP contribution in [0.15, 0.2) is 18.8 Å². The molecule has 0 atom stereocenters. The summed E-state index contributed by atoms with van der Waals surface area (Å²) in [6, 6.07) is 1.68. The SMILES string of the molecule is C=C(CCl)c1c(Cl)ccnc1OC. The molecule has 0 radical (unpaired) electrons. The van der Waals surface area contributed by atoms with Gasteiger partial charge < -0.3 is 4.74 Å². The predicted octanol–water partition coefficient (Wildman–Crippen LogP) is 3.00. The summed E-state index contributed by atoms with van der Waals surface area (Å²) in [6.45, 7) is 3.78. The molecule has 13 heavy (non-hydrogen) atoms. The highest BCUT2D eigenvalue weighted by Crippen LogP contribution is 2.30. The van der Waals surface area contributed by atoms with Gasteiger partial charge in [0.05, 0.1) is 17.7 Å². The molecule has 2 nitrogen and oxygen atoms in total. The molecular formula is C9H9Cl2NO. The highest BCUT2D eigenvalue weighted by atomic mass is 35.5. The van der Waals surface area contributed by atoms with Crippen LogP contribution in [-0.2, 0) is 0 Å². The first-order valence-corrected chi connectivity index (χ1v) is 4.54. The Morgan fingerprint density at radius 1 is 1.69 bits per heavy atom. The molecule has 1 heterocycles. The van der Waals surface area contributed by atoms with Gasteiger partial charge in [-0.05, 0) is 11.6 Å². The van der Waals surface area contributed by atoms with E-state index in [9.17, 15) is 0 Å². The van der Waals surface area contributed by atoms with Crippen LogP contribution in [0.5, 0.6) is 5.88 Å². The first-order valence-electron chi connectivity index (χ1n) is 3.63. The van der Waals surface area contributed by atoms with E-state index in [0.29, 0.717) is 27.9 Å². The highest BCUT2D eigenvalue weighted by molar-refractivity contribution is 6.33. The van der Waals surface area contributed by atoms with Gasteiger partial charge in [0, 0.05) is 12.1 Å². The van der Waals surface area contributed by atoms with Crippen molar-refractivity contribution in [3.05, 3.63) is 29.4 Å². The summed E-state index contributed by atoms with van der Waals surface area (Å²) in [7, 11) is 1.53. The third-order valence-corrected chi connectivity index (χ3v) is 2.21. The van der Waals surface area contributed by atoms with Crippen LogP contribution in [0.2, 0.25) is 5.02 Å². The van der Waals surface area contributed by atoms with E-state index in [1.165, 1.54) is 7.11 Å². The van der Waals surface area contributed by atoms with Crippen molar-refractivity contribution >= 4 is 28.8 Å². The fraction of sp³-hybridized carbons (Fsp3) is 0.222. The van der Waals surface area contributed by atoms with Crippen LogP contribution < -0.4 is 4.74 Å². The number of pyridine rings is 1. The van der Waals surface area contributed by atoms with Crippen molar-refractivity contribution in [2.24, 2.45) is 0 Å². The Labute approximate surface area is 87.1 Å². The van der Waals surface area contributed by atoms with Gasteiger partial charge in [0.2, 0.25) is 5.88 Å². The number of ether oxygens (including phenoxy) is 1. The highest BCUT2D eigenvalue weighted by Gasteiger charge is 2.11. The number of methoxy groups -OCH3 is 1. The Morgan fingerprint density at radius 2 is 2.38 bits per heavy atom. The molecule has 0 saturated heterocycles. The monoisotopic (exact) mass is 217 g/mol. The summed E-state index contributed by atoms with van der Waals surface area (Å²) in [5.74, 6) is 0.764. The minimum Gasteiger partial charge on any atom is -0.481 e. The molecule has 0 amide bonds. The summed E-state index contributed by atoms with van der Waals surface area (Å²) in [6.07, 6.45) is 1.58. The minimum absolute atomic E-state index is 0.307. The van der Waals surface area contributed by atoms with Crippen LogP contribution in [0.25, 0.3) is 5.57 Å². The smallest absolute Gasteiger partial charge is 0.222 e. The van der Waals surface area contributed by atoms with Crippen molar-refractivity contribution in [1.82, 2.24) is 4.98 Å². The molecule has 0 saturated carbocycles. The molecule has 1 rings (SSSR count). The lowest BCUT2D eigenvalue weighted by Gasteiger charge is -2.08. The van der Waals surface area contributed by atoms with E-state index in [1.807, 2.05) is 0 Å². The lowest BCUT2D eigenvalue weighted by molar-refractivity contribution is 0.396. The molecule has 0 spiro atoms. The minimum atomic E-state index is 0.307. The van der Waals surface area contributed by atoms with Crippen molar-refractivity contribution in [3.8, 4) is 5.88 Å². The van der Waals surface area contributed by atoms with E-state index in [2.05, 4.69) is 11.6 Å². The second-order valence-electron chi connectivity index (χ2n) is 2.41. The number of allylic oxidation sites excluding steroid dienone is 1. The summed E-state index contributed by atoms with van der Waals surface area (Å²) in [5, 5.41) is 0.553. The predicted molar refractivity (Wildman–Crippen MR) is 55.6 cm³/mol. The molecule has 0 N–H and O–H groups in total. The molecule has 4 heteroatoms. The molecule has 0 unspecified atom stereocenters. The molecule has 0 fully saturated rings. The average Bonchev–Trinajstić information content (AvgIpc) is 2.16. The van der Waals surface area contributed by atoms with E-state index in [1.54, 1.807) is 12.3 Å². The molecule has 0 aliphatic rings. The number of aromatic nitrogens is 1. The summed E-state index contributed by atoms with van der Waals surface area (Å²) >= 11 is 11.6. The van der Waals surface area contributed by atoms with Crippen molar-refractivity contribution in [1.29, 1.82) is 0 Å². The normalized spacial score (nSPS) is 9.77. The van der Waals surface area contributed by atoms with Gasteiger partial charge in [0.15, 0.2) is 0 Å². The molecule has 0 aliphatic carbocycles. The zero-order valence-corrected chi connectivity index (χ0v) is 8.69. The van der Waals surface area contributed by atoms with E-state index < -0.39 is 0 Å². The summed E-state index contributed by atoms with van der Waals surface area (Å²) in [4.78, 5) is 4.00. The van der Waals surface area contributed by atoms with E-state index >= 15 is 0 Å². The van der Waals surface area contributed by atoms with Crippen molar-refractivity contribution < 1.29 is 4.74 Å². The zero-order valence-electron chi connectivity index (χ0n) is 7.18. The Hall–Kier alpha value is -0.730. The molecule has 0 bridgehead atoms. The number of halogens is 2. The van der Waals surface area contributed by atoms with Crippen LogP contribution >= 0.6 is 23.2 Å². The second kappa shape index (κ2) is 4.49. The van der Waals surface area contributed by atoms with Gasteiger partial charge in [-0.2, -0.15) is 0 Å². The maximum atomic E-state index is 5.94. The quantitative estimate of drug-likeness (QED) is 0.727. The number of alkyl halides is 1. The van der Waals surface area contributed by atoms with E-state index in [-0.39, 0.29) is 0 Å². The van der Waals surface area contributed by atoms with Crippen LogP contribution in [-0.4, -0.2) is 18.0 Å². The molecule has 1 aromatic rings. The fourth-order valence-electron chi connectivity index (χ4n) is 0.962.